The first-order valence-electron chi connectivity index (χ1n) is 9.40. The third-order valence-corrected chi connectivity index (χ3v) is 4.74. The van der Waals surface area contributed by atoms with E-state index in [1.54, 1.807) is 24.3 Å². The molecule has 0 bridgehead atoms. The van der Waals surface area contributed by atoms with E-state index in [4.69, 9.17) is 15.0 Å². The van der Waals surface area contributed by atoms with Gasteiger partial charge in [-0.2, -0.15) is 4.98 Å². The number of likely N-dealkylation sites (N-methyl/N-ethyl adjacent to an activating group) is 1. The number of amides is 2. The maximum Gasteiger partial charge on any atom is 0.316 e. The van der Waals surface area contributed by atoms with Crippen LogP contribution in [0.15, 0.2) is 28.8 Å². The minimum atomic E-state index is -0.387. The molecule has 1 aromatic carbocycles. The topological polar surface area (TPSA) is 124 Å². The Kier molecular flexibility index (Phi) is 6.59. The van der Waals surface area contributed by atoms with Crippen LogP contribution in [0.5, 0.6) is 5.75 Å². The number of ether oxygens (including phenoxy) is 1. The summed E-state index contributed by atoms with van der Waals surface area (Å²) >= 11 is 0. The Morgan fingerprint density at radius 1 is 1.36 bits per heavy atom. The summed E-state index contributed by atoms with van der Waals surface area (Å²) in [5.41, 5.74) is 5.97. The van der Waals surface area contributed by atoms with Crippen molar-refractivity contribution in [3.05, 3.63) is 41.5 Å². The van der Waals surface area contributed by atoms with Gasteiger partial charge in [-0.25, -0.2) is 0 Å². The minimum absolute atomic E-state index is 0.0676. The van der Waals surface area contributed by atoms with Crippen molar-refractivity contribution in [3.63, 3.8) is 0 Å². The Bertz CT molecular complexity index is 805. The van der Waals surface area contributed by atoms with Gasteiger partial charge in [-0.05, 0) is 43.6 Å². The standard InChI is InChI=1S/C19H25N5O4/c1-2-24-9-3-4-14(24)11-21-18(26)19-22-17(23-28-19)12-27-15-7-5-13(6-8-15)10-16(20)25/h5-8,14H,2-4,9-12H2,1H3,(H2,20,25)(H,21,26). The molecule has 1 fully saturated rings. The number of benzene rings is 1. The van der Waals surface area contributed by atoms with Crippen LogP contribution in [-0.2, 0) is 17.8 Å². The summed E-state index contributed by atoms with van der Waals surface area (Å²) in [6.07, 6.45) is 2.41. The van der Waals surface area contributed by atoms with Crippen molar-refractivity contribution in [1.29, 1.82) is 0 Å². The second-order valence-electron chi connectivity index (χ2n) is 6.73. The molecule has 1 aromatic heterocycles. The number of hydrogen-bond donors (Lipinski definition) is 2. The van der Waals surface area contributed by atoms with Crippen molar-refractivity contribution in [1.82, 2.24) is 20.4 Å². The third kappa shape index (κ3) is 5.29. The molecule has 2 heterocycles. The molecule has 9 nitrogen and oxygen atoms in total. The van der Waals surface area contributed by atoms with E-state index >= 15 is 0 Å². The van der Waals surface area contributed by atoms with Gasteiger partial charge >= 0.3 is 11.8 Å². The molecule has 150 valence electrons. The van der Waals surface area contributed by atoms with Crippen LogP contribution in [0.4, 0.5) is 0 Å². The van der Waals surface area contributed by atoms with Crippen molar-refractivity contribution < 1.29 is 18.8 Å². The first-order valence-corrected chi connectivity index (χ1v) is 9.40. The molecule has 2 amide bonds. The lowest BCUT2D eigenvalue weighted by molar-refractivity contribution is -0.117. The van der Waals surface area contributed by atoms with E-state index in [1.807, 2.05) is 0 Å². The normalized spacial score (nSPS) is 16.8. The quantitative estimate of drug-likeness (QED) is 0.655. The van der Waals surface area contributed by atoms with E-state index in [2.05, 4.69) is 27.3 Å². The molecule has 1 aliphatic rings. The minimum Gasteiger partial charge on any atom is -0.485 e. The van der Waals surface area contributed by atoms with Gasteiger partial charge in [0.1, 0.15) is 5.75 Å². The number of rotatable bonds is 9. The van der Waals surface area contributed by atoms with E-state index < -0.39 is 0 Å². The Morgan fingerprint density at radius 3 is 2.86 bits per heavy atom. The zero-order valence-electron chi connectivity index (χ0n) is 15.9. The lowest BCUT2D eigenvalue weighted by Crippen LogP contribution is -2.40. The molecule has 0 spiro atoms. The molecule has 3 N–H and O–H groups in total. The Labute approximate surface area is 163 Å². The number of hydrogen-bond acceptors (Lipinski definition) is 7. The fourth-order valence-corrected chi connectivity index (χ4v) is 3.29. The lowest BCUT2D eigenvalue weighted by atomic mass is 10.1. The molecule has 0 radical (unpaired) electrons. The van der Waals surface area contributed by atoms with E-state index in [-0.39, 0.29) is 36.6 Å². The number of likely N-dealkylation sites (tertiary alicyclic amines) is 1. The lowest BCUT2D eigenvalue weighted by Gasteiger charge is -2.22. The summed E-state index contributed by atoms with van der Waals surface area (Å²) in [7, 11) is 0. The molecule has 1 saturated heterocycles. The number of carbonyl (C=O) groups is 2. The van der Waals surface area contributed by atoms with Crippen LogP contribution < -0.4 is 15.8 Å². The van der Waals surface area contributed by atoms with Crippen molar-refractivity contribution in [2.24, 2.45) is 5.73 Å². The molecule has 1 unspecified atom stereocenters. The van der Waals surface area contributed by atoms with Crippen LogP contribution in [0.25, 0.3) is 0 Å². The second kappa shape index (κ2) is 9.32. The highest BCUT2D eigenvalue weighted by Crippen LogP contribution is 2.16. The average molecular weight is 387 g/mol. The van der Waals surface area contributed by atoms with Crippen molar-refractivity contribution in [2.45, 2.75) is 38.8 Å². The first kappa shape index (κ1) is 19.8. The average Bonchev–Trinajstić information content (AvgIpc) is 3.34. The Hall–Kier alpha value is -2.94. The summed E-state index contributed by atoms with van der Waals surface area (Å²) in [6.45, 7) is 4.81. The molecular weight excluding hydrogens is 362 g/mol. The van der Waals surface area contributed by atoms with Gasteiger partial charge in [0.2, 0.25) is 11.7 Å². The maximum atomic E-state index is 12.2. The monoisotopic (exact) mass is 387 g/mol. The van der Waals surface area contributed by atoms with Crippen LogP contribution in [0.1, 0.15) is 41.8 Å². The molecule has 0 saturated carbocycles. The van der Waals surface area contributed by atoms with Gasteiger partial charge < -0.3 is 20.3 Å². The van der Waals surface area contributed by atoms with Gasteiger partial charge in [0.05, 0.1) is 6.42 Å². The molecular formula is C19H25N5O4. The fourth-order valence-electron chi connectivity index (χ4n) is 3.29. The van der Waals surface area contributed by atoms with Gasteiger partial charge in [-0.1, -0.05) is 24.2 Å². The number of nitrogens with one attached hydrogen (secondary N) is 1. The summed E-state index contributed by atoms with van der Waals surface area (Å²) in [6, 6.07) is 7.34. The van der Waals surface area contributed by atoms with Gasteiger partial charge in [0.25, 0.3) is 0 Å². The molecule has 3 rings (SSSR count). The molecule has 28 heavy (non-hydrogen) atoms. The van der Waals surface area contributed by atoms with E-state index in [1.165, 1.54) is 0 Å². The van der Waals surface area contributed by atoms with Crippen molar-refractivity contribution in [2.75, 3.05) is 19.6 Å². The van der Waals surface area contributed by atoms with Crippen LogP contribution in [-0.4, -0.2) is 52.5 Å². The molecule has 1 aliphatic heterocycles. The first-order chi connectivity index (χ1) is 13.5. The number of primary amides is 1. The number of nitrogens with two attached hydrogens (primary N) is 1. The van der Waals surface area contributed by atoms with Gasteiger partial charge in [-0.3, -0.25) is 14.5 Å². The largest absolute Gasteiger partial charge is 0.485 e. The number of carbonyl (C=O) groups excluding carboxylic acids is 2. The summed E-state index contributed by atoms with van der Waals surface area (Å²) in [5, 5.41) is 6.64. The number of aromatic nitrogens is 2. The van der Waals surface area contributed by atoms with Crippen LogP contribution in [0.2, 0.25) is 0 Å². The second-order valence-corrected chi connectivity index (χ2v) is 6.73. The summed E-state index contributed by atoms with van der Waals surface area (Å²) in [5.74, 6) is 0.0305. The maximum absolute atomic E-state index is 12.2. The van der Waals surface area contributed by atoms with Crippen LogP contribution in [0, 0.1) is 0 Å². The smallest absolute Gasteiger partial charge is 0.316 e. The number of nitrogens with zero attached hydrogens (tertiary/aromatic N) is 3. The van der Waals surface area contributed by atoms with Crippen LogP contribution in [0.3, 0.4) is 0 Å². The zero-order chi connectivity index (χ0) is 19.9. The molecule has 1 atom stereocenters. The Balaban J connectivity index is 1.47. The van der Waals surface area contributed by atoms with Gasteiger partial charge in [-0.15, -0.1) is 0 Å². The van der Waals surface area contributed by atoms with E-state index in [0.717, 1.165) is 31.5 Å². The summed E-state index contributed by atoms with van der Waals surface area (Å²) in [4.78, 5) is 29.5. The highest BCUT2D eigenvalue weighted by molar-refractivity contribution is 5.89. The zero-order valence-corrected chi connectivity index (χ0v) is 15.9. The van der Waals surface area contributed by atoms with Crippen molar-refractivity contribution in [3.8, 4) is 5.75 Å². The highest BCUT2D eigenvalue weighted by Gasteiger charge is 2.24. The SMILES string of the molecule is CCN1CCCC1CNC(=O)c1nc(COc2ccc(CC(N)=O)cc2)no1. The fraction of sp³-hybridized carbons (Fsp3) is 0.474. The van der Waals surface area contributed by atoms with Crippen LogP contribution >= 0.6 is 0 Å². The molecule has 0 aliphatic carbocycles. The Morgan fingerprint density at radius 2 is 2.14 bits per heavy atom. The third-order valence-electron chi connectivity index (χ3n) is 4.74. The predicted molar refractivity (Wildman–Crippen MR) is 101 cm³/mol. The van der Waals surface area contributed by atoms with Gasteiger partial charge in [0, 0.05) is 12.6 Å². The highest BCUT2D eigenvalue weighted by atomic mass is 16.5. The predicted octanol–water partition coefficient (Wildman–Crippen LogP) is 0.891. The van der Waals surface area contributed by atoms with E-state index in [0.29, 0.717) is 18.3 Å². The molecule has 2 aromatic rings. The van der Waals surface area contributed by atoms with E-state index in [9.17, 15) is 9.59 Å². The van der Waals surface area contributed by atoms with Crippen molar-refractivity contribution >= 4 is 11.8 Å². The molecule has 9 heteroatoms. The van der Waals surface area contributed by atoms with Gasteiger partial charge in [0.15, 0.2) is 6.61 Å². The summed E-state index contributed by atoms with van der Waals surface area (Å²) < 4.78 is 10.6.